The van der Waals surface area contributed by atoms with E-state index in [0.717, 1.165) is 4.90 Å². The predicted octanol–water partition coefficient (Wildman–Crippen LogP) is 4.07. The Bertz CT molecular complexity index is 965. The van der Waals surface area contributed by atoms with Crippen LogP contribution >= 0.6 is 0 Å². The summed E-state index contributed by atoms with van der Waals surface area (Å²) in [4.78, 5) is 16.5. The van der Waals surface area contributed by atoms with Gasteiger partial charge in [0, 0.05) is 12.7 Å². The molecule has 0 unspecified atom stereocenters. The van der Waals surface area contributed by atoms with E-state index in [-0.39, 0.29) is 6.07 Å². The van der Waals surface area contributed by atoms with Crippen LogP contribution in [-0.4, -0.2) is 31.6 Å². The van der Waals surface area contributed by atoms with Crippen LogP contribution in [0.15, 0.2) is 30.3 Å². The first-order valence-corrected chi connectivity index (χ1v) is 8.12. The van der Waals surface area contributed by atoms with Crippen molar-refractivity contribution < 1.29 is 35.9 Å². The van der Waals surface area contributed by atoms with Gasteiger partial charge in [0.05, 0.1) is 19.2 Å². The number of halogens is 6. The Morgan fingerprint density at radius 3 is 2.23 bits per heavy atom. The molecule has 0 saturated heterocycles. The van der Waals surface area contributed by atoms with Gasteiger partial charge in [0.25, 0.3) is 0 Å². The van der Waals surface area contributed by atoms with Crippen LogP contribution in [0.25, 0.3) is 0 Å². The second kappa shape index (κ2) is 8.48. The summed E-state index contributed by atoms with van der Waals surface area (Å²) >= 11 is 0. The molecular weight excluding hydrogens is 418 g/mol. The number of nitriles is 1. The van der Waals surface area contributed by atoms with Crippen molar-refractivity contribution >= 4 is 17.4 Å². The maximum absolute atomic E-state index is 13.1. The molecular formula is C18H14F6N4O2. The van der Waals surface area contributed by atoms with Crippen molar-refractivity contribution in [2.75, 3.05) is 30.9 Å². The largest absolute Gasteiger partial charge is 0.497 e. The number of anilines is 2. The Balaban J connectivity index is 2.32. The van der Waals surface area contributed by atoms with E-state index in [4.69, 9.17) is 10.00 Å². The average Bonchev–Trinajstić information content (AvgIpc) is 2.69. The maximum atomic E-state index is 13.1. The van der Waals surface area contributed by atoms with Gasteiger partial charge in [0.15, 0.2) is 0 Å². The van der Waals surface area contributed by atoms with Crippen molar-refractivity contribution in [3.05, 3.63) is 47.2 Å². The molecule has 1 aromatic heterocycles. The van der Waals surface area contributed by atoms with Gasteiger partial charge in [0.2, 0.25) is 5.91 Å². The zero-order chi connectivity index (χ0) is 22.7. The van der Waals surface area contributed by atoms with Gasteiger partial charge < -0.3 is 15.0 Å². The number of amides is 1. The summed E-state index contributed by atoms with van der Waals surface area (Å²) in [7, 11) is 2.80. The standard InChI is InChI=1S/C18H14F6N4O2/c1-28(10-3-5-11(30-2)6-4-10)15(29)9-26-16-12(8-25)13(17(19,20)21)7-14(27-16)18(22,23)24/h3-7H,9H2,1-2H3,(H,26,27). The minimum atomic E-state index is -5.23. The number of hydrogen-bond donors (Lipinski definition) is 1. The van der Waals surface area contributed by atoms with Crippen LogP contribution in [0.1, 0.15) is 16.8 Å². The lowest BCUT2D eigenvalue weighted by Gasteiger charge is -2.19. The van der Waals surface area contributed by atoms with Crippen molar-refractivity contribution in [2.45, 2.75) is 12.4 Å². The molecule has 6 nitrogen and oxygen atoms in total. The van der Waals surface area contributed by atoms with E-state index in [2.05, 4.69) is 10.3 Å². The number of benzene rings is 1. The summed E-state index contributed by atoms with van der Waals surface area (Å²) in [6.45, 7) is -0.706. The zero-order valence-electron chi connectivity index (χ0n) is 15.5. The maximum Gasteiger partial charge on any atom is 0.433 e. The smallest absolute Gasteiger partial charge is 0.433 e. The first-order chi connectivity index (χ1) is 13.9. The molecule has 0 aliphatic heterocycles. The number of rotatable bonds is 5. The summed E-state index contributed by atoms with van der Waals surface area (Å²) in [5, 5.41) is 11.2. The van der Waals surface area contributed by atoms with E-state index in [9.17, 15) is 31.1 Å². The van der Waals surface area contributed by atoms with Crippen LogP contribution in [0.5, 0.6) is 5.75 Å². The summed E-state index contributed by atoms with van der Waals surface area (Å²) in [6, 6.07) is 7.13. The molecule has 1 aromatic carbocycles. The third kappa shape index (κ3) is 5.11. The lowest BCUT2D eigenvalue weighted by Crippen LogP contribution is -2.32. The van der Waals surface area contributed by atoms with Gasteiger partial charge in [-0.05, 0) is 30.3 Å². The Morgan fingerprint density at radius 2 is 1.77 bits per heavy atom. The van der Waals surface area contributed by atoms with Crippen molar-refractivity contribution in [3.63, 3.8) is 0 Å². The topological polar surface area (TPSA) is 78.2 Å². The minimum absolute atomic E-state index is 0.241. The van der Waals surface area contributed by atoms with E-state index in [1.807, 2.05) is 0 Å². The van der Waals surface area contributed by atoms with Crippen LogP contribution in [0.2, 0.25) is 0 Å². The molecule has 1 heterocycles. The molecule has 0 aliphatic carbocycles. The molecule has 0 atom stereocenters. The number of carbonyl (C=O) groups excluding carboxylic acids is 1. The summed E-state index contributed by atoms with van der Waals surface area (Å²) in [5.74, 6) is -1.17. The highest BCUT2D eigenvalue weighted by atomic mass is 19.4. The SMILES string of the molecule is COc1ccc(N(C)C(=O)CNc2nc(C(F)(F)F)cc(C(F)(F)F)c2C#N)cc1. The Hall–Kier alpha value is -3.49. The fourth-order valence-corrected chi connectivity index (χ4v) is 2.38. The lowest BCUT2D eigenvalue weighted by molar-refractivity contribution is -0.145. The number of alkyl halides is 6. The van der Waals surface area contributed by atoms with E-state index in [1.54, 1.807) is 12.1 Å². The second-order valence-electron chi connectivity index (χ2n) is 5.89. The summed E-state index contributed by atoms with van der Waals surface area (Å²) < 4.78 is 83.3. The molecule has 1 N–H and O–H groups in total. The van der Waals surface area contributed by atoms with Crippen LogP contribution in [-0.2, 0) is 17.1 Å². The quantitative estimate of drug-likeness (QED) is 0.721. The van der Waals surface area contributed by atoms with Gasteiger partial charge in [-0.25, -0.2) is 4.98 Å². The molecule has 2 rings (SSSR count). The van der Waals surface area contributed by atoms with Crippen LogP contribution in [0, 0.1) is 11.3 Å². The van der Waals surface area contributed by atoms with Crippen LogP contribution in [0.3, 0.4) is 0 Å². The third-order valence-corrected chi connectivity index (χ3v) is 3.97. The number of carbonyl (C=O) groups is 1. The zero-order valence-corrected chi connectivity index (χ0v) is 15.5. The number of aromatic nitrogens is 1. The third-order valence-electron chi connectivity index (χ3n) is 3.97. The molecule has 2 aromatic rings. The van der Waals surface area contributed by atoms with E-state index < -0.39 is 47.4 Å². The Morgan fingerprint density at radius 1 is 1.17 bits per heavy atom. The second-order valence-corrected chi connectivity index (χ2v) is 5.89. The number of hydrogen-bond acceptors (Lipinski definition) is 5. The number of likely N-dealkylation sites (N-methyl/N-ethyl adjacent to an activating group) is 1. The highest BCUT2D eigenvalue weighted by Gasteiger charge is 2.41. The van der Waals surface area contributed by atoms with Crippen LogP contribution in [0.4, 0.5) is 37.8 Å². The van der Waals surface area contributed by atoms with Crippen molar-refractivity contribution in [3.8, 4) is 11.8 Å². The molecule has 30 heavy (non-hydrogen) atoms. The molecule has 0 saturated carbocycles. The monoisotopic (exact) mass is 432 g/mol. The van der Waals surface area contributed by atoms with Crippen molar-refractivity contribution in [1.82, 2.24) is 4.98 Å². The first-order valence-electron chi connectivity index (χ1n) is 8.12. The van der Waals surface area contributed by atoms with Gasteiger partial charge >= 0.3 is 12.4 Å². The molecule has 160 valence electrons. The molecule has 12 heteroatoms. The molecule has 0 radical (unpaired) electrons. The number of nitrogens with zero attached hydrogens (tertiary/aromatic N) is 3. The molecule has 0 fully saturated rings. The minimum Gasteiger partial charge on any atom is -0.497 e. The normalized spacial score (nSPS) is 11.6. The van der Waals surface area contributed by atoms with Crippen molar-refractivity contribution in [1.29, 1.82) is 5.26 Å². The van der Waals surface area contributed by atoms with Gasteiger partial charge in [0.1, 0.15) is 28.9 Å². The number of nitrogens with one attached hydrogen (secondary N) is 1. The first kappa shape index (κ1) is 22.8. The van der Waals surface area contributed by atoms with Gasteiger partial charge in [-0.1, -0.05) is 0 Å². The Labute approximate surface area is 166 Å². The van der Waals surface area contributed by atoms with Gasteiger partial charge in [-0.3, -0.25) is 4.79 Å². The van der Waals surface area contributed by atoms with Crippen molar-refractivity contribution in [2.24, 2.45) is 0 Å². The fourth-order valence-electron chi connectivity index (χ4n) is 2.38. The molecule has 1 amide bonds. The van der Waals surface area contributed by atoms with Gasteiger partial charge in [-0.2, -0.15) is 31.6 Å². The lowest BCUT2D eigenvalue weighted by atomic mass is 10.1. The highest BCUT2D eigenvalue weighted by Crippen LogP contribution is 2.38. The fraction of sp³-hybridized carbons (Fsp3) is 0.278. The highest BCUT2D eigenvalue weighted by molar-refractivity contribution is 5.95. The summed E-state index contributed by atoms with van der Waals surface area (Å²) in [6.07, 6.45) is -10.4. The van der Waals surface area contributed by atoms with Gasteiger partial charge in [-0.15, -0.1) is 0 Å². The van der Waals surface area contributed by atoms with Crippen LogP contribution < -0.4 is 15.0 Å². The van der Waals surface area contributed by atoms with E-state index in [0.29, 0.717) is 11.4 Å². The van der Waals surface area contributed by atoms with E-state index in [1.165, 1.54) is 32.4 Å². The average molecular weight is 432 g/mol. The molecule has 0 aliphatic rings. The predicted molar refractivity (Wildman–Crippen MR) is 93.8 cm³/mol. The molecule has 0 bridgehead atoms. The van der Waals surface area contributed by atoms with E-state index >= 15 is 0 Å². The number of methoxy groups -OCH3 is 1. The Kier molecular flexibility index (Phi) is 6.44. The summed E-state index contributed by atoms with van der Waals surface area (Å²) in [5.41, 5.74) is -4.38. The number of ether oxygens (including phenoxy) is 1. The number of pyridine rings is 1. The molecule has 0 spiro atoms.